The SMILES string of the molecule is CC(Oc1ccc(C(C)C)cc1)C(=O)Nc1ccc(C(C)(C)C)cc1Br. The molecule has 0 aliphatic heterocycles. The Kier molecular flexibility index (Phi) is 6.51. The fraction of sp³-hybridized carbons (Fsp3) is 0.409. The monoisotopic (exact) mass is 417 g/mol. The van der Waals surface area contributed by atoms with Crippen LogP contribution in [0, 0.1) is 0 Å². The molecule has 0 spiro atoms. The number of ether oxygens (including phenoxy) is 1. The number of anilines is 1. The Bertz CT molecular complexity index is 761. The van der Waals surface area contributed by atoms with Crippen molar-refractivity contribution in [1.82, 2.24) is 0 Å². The molecule has 3 nitrogen and oxygen atoms in total. The highest BCUT2D eigenvalue weighted by Crippen LogP contribution is 2.30. The molecule has 26 heavy (non-hydrogen) atoms. The smallest absolute Gasteiger partial charge is 0.265 e. The van der Waals surface area contributed by atoms with Crippen LogP contribution in [0.4, 0.5) is 5.69 Å². The van der Waals surface area contributed by atoms with E-state index in [1.165, 1.54) is 11.1 Å². The molecule has 0 saturated heterocycles. The van der Waals surface area contributed by atoms with Gasteiger partial charge >= 0.3 is 0 Å². The summed E-state index contributed by atoms with van der Waals surface area (Å²) in [6.45, 7) is 12.5. The molecular formula is C22H28BrNO2. The molecule has 140 valence electrons. The van der Waals surface area contributed by atoms with Crippen LogP contribution < -0.4 is 10.1 Å². The van der Waals surface area contributed by atoms with Crippen molar-refractivity contribution in [2.45, 2.75) is 59.0 Å². The second kappa shape index (κ2) is 8.26. The first kappa shape index (κ1) is 20.5. The van der Waals surface area contributed by atoms with Gasteiger partial charge < -0.3 is 10.1 Å². The van der Waals surface area contributed by atoms with E-state index in [2.05, 4.69) is 55.9 Å². The summed E-state index contributed by atoms with van der Waals surface area (Å²) in [6, 6.07) is 13.9. The molecule has 0 saturated carbocycles. The molecule has 1 amide bonds. The van der Waals surface area contributed by atoms with E-state index in [4.69, 9.17) is 4.74 Å². The van der Waals surface area contributed by atoms with Gasteiger partial charge in [-0.1, -0.05) is 52.8 Å². The molecule has 0 heterocycles. The number of carbonyl (C=O) groups is 1. The minimum Gasteiger partial charge on any atom is -0.481 e. The van der Waals surface area contributed by atoms with Crippen LogP contribution >= 0.6 is 15.9 Å². The summed E-state index contributed by atoms with van der Waals surface area (Å²) in [7, 11) is 0. The third kappa shape index (κ3) is 5.34. The fourth-order valence-electron chi connectivity index (χ4n) is 2.51. The van der Waals surface area contributed by atoms with Crippen molar-refractivity contribution >= 4 is 27.5 Å². The summed E-state index contributed by atoms with van der Waals surface area (Å²) in [6.07, 6.45) is -0.589. The molecule has 0 aromatic heterocycles. The van der Waals surface area contributed by atoms with Crippen LogP contribution in [0.5, 0.6) is 5.75 Å². The van der Waals surface area contributed by atoms with E-state index in [1.807, 2.05) is 42.5 Å². The van der Waals surface area contributed by atoms with Gasteiger partial charge in [-0.15, -0.1) is 0 Å². The van der Waals surface area contributed by atoms with Crippen LogP contribution in [0.25, 0.3) is 0 Å². The van der Waals surface area contributed by atoms with Crippen molar-refractivity contribution in [3.05, 3.63) is 58.1 Å². The molecule has 0 aliphatic rings. The van der Waals surface area contributed by atoms with Gasteiger partial charge in [-0.05, 0) is 69.6 Å². The van der Waals surface area contributed by atoms with Gasteiger partial charge in [-0.25, -0.2) is 0 Å². The van der Waals surface area contributed by atoms with Gasteiger partial charge in [0.15, 0.2) is 6.10 Å². The van der Waals surface area contributed by atoms with Gasteiger partial charge in [-0.2, -0.15) is 0 Å². The van der Waals surface area contributed by atoms with E-state index < -0.39 is 6.10 Å². The zero-order valence-corrected chi connectivity index (χ0v) is 18.0. The number of halogens is 1. The number of hydrogen-bond acceptors (Lipinski definition) is 2. The van der Waals surface area contributed by atoms with Gasteiger partial charge in [-0.3, -0.25) is 4.79 Å². The zero-order valence-electron chi connectivity index (χ0n) is 16.4. The molecule has 4 heteroatoms. The van der Waals surface area contributed by atoms with E-state index in [0.29, 0.717) is 11.7 Å². The van der Waals surface area contributed by atoms with Crippen LogP contribution in [-0.2, 0) is 10.2 Å². The number of hydrogen-bond donors (Lipinski definition) is 1. The lowest BCUT2D eigenvalue weighted by Gasteiger charge is -2.21. The van der Waals surface area contributed by atoms with Crippen LogP contribution in [0.3, 0.4) is 0 Å². The molecule has 1 N–H and O–H groups in total. The van der Waals surface area contributed by atoms with Crippen molar-refractivity contribution in [3.8, 4) is 5.75 Å². The van der Waals surface area contributed by atoms with Crippen molar-refractivity contribution in [3.63, 3.8) is 0 Å². The van der Waals surface area contributed by atoms with Gasteiger partial charge in [0.25, 0.3) is 5.91 Å². The normalized spacial score (nSPS) is 12.8. The highest BCUT2D eigenvalue weighted by atomic mass is 79.9. The van der Waals surface area contributed by atoms with Gasteiger partial charge in [0.05, 0.1) is 5.69 Å². The Hall–Kier alpha value is -1.81. The van der Waals surface area contributed by atoms with Gasteiger partial charge in [0.2, 0.25) is 0 Å². The first-order valence-electron chi connectivity index (χ1n) is 8.95. The van der Waals surface area contributed by atoms with Crippen molar-refractivity contribution in [2.75, 3.05) is 5.32 Å². The summed E-state index contributed by atoms with van der Waals surface area (Å²) >= 11 is 3.55. The maximum absolute atomic E-state index is 12.5. The maximum atomic E-state index is 12.5. The number of rotatable bonds is 5. The Morgan fingerprint density at radius 2 is 1.65 bits per heavy atom. The number of benzene rings is 2. The maximum Gasteiger partial charge on any atom is 0.265 e. The minimum atomic E-state index is -0.589. The Labute approximate surface area is 165 Å². The quantitative estimate of drug-likeness (QED) is 0.621. The number of carbonyl (C=O) groups excluding carboxylic acids is 1. The van der Waals surface area contributed by atoms with Crippen molar-refractivity contribution in [1.29, 1.82) is 0 Å². The molecule has 2 aromatic rings. The molecule has 0 aliphatic carbocycles. The number of nitrogens with one attached hydrogen (secondary N) is 1. The highest BCUT2D eigenvalue weighted by Gasteiger charge is 2.18. The number of amides is 1. The van der Waals surface area contributed by atoms with E-state index in [1.54, 1.807) is 6.92 Å². The van der Waals surface area contributed by atoms with Crippen LogP contribution in [0.15, 0.2) is 46.9 Å². The summed E-state index contributed by atoms with van der Waals surface area (Å²) in [5, 5.41) is 2.93. The van der Waals surface area contributed by atoms with Gasteiger partial charge in [0, 0.05) is 4.47 Å². The Morgan fingerprint density at radius 1 is 1.04 bits per heavy atom. The summed E-state index contributed by atoms with van der Waals surface area (Å²) in [4.78, 5) is 12.5. The lowest BCUT2D eigenvalue weighted by molar-refractivity contribution is -0.122. The largest absolute Gasteiger partial charge is 0.481 e. The lowest BCUT2D eigenvalue weighted by atomic mass is 9.87. The molecular weight excluding hydrogens is 390 g/mol. The first-order chi connectivity index (χ1) is 12.1. The summed E-state index contributed by atoms with van der Waals surface area (Å²) < 4.78 is 6.64. The van der Waals surface area contributed by atoms with Crippen molar-refractivity contribution in [2.24, 2.45) is 0 Å². The minimum absolute atomic E-state index is 0.0591. The highest BCUT2D eigenvalue weighted by molar-refractivity contribution is 9.10. The molecule has 2 aromatic carbocycles. The Balaban J connectivity index is 2.02. The molecule has 0 bridgehead atoms. The molecule has 2 rings (SSSR count). The predicted molar refractivity (Wildman–Crippen MR) is 112 cm³/mol. The van der Waals surface area contributed by atoms with E-state index in [0.717, 1.165) is 10.2 Å². The van der Waals surface area contributed by atoms with Crippen LogP contribution in [-0.4, -0.2) is 12.0 Å². The van der Waals surface area contributed by atoms with E-state index >= 15 is 0 Å². The molecule has 0 radical (unpaired) electrons. The predicted octanol–water partition coefficient (Wildman–Crippen LogP) is 6.28. The van der Waals surface area contributed by atoms with E-state index in [9.17, 15) is 4.79 Å². The summed E-state index contributed by atoms with van der Waals surface area (Å²) in [5.74, 6) is 0.986. The third-order valence-electron chi connectivity index (χ3n) is 4.32. The fourth-order valence-corrected chi connectivity index (χ4v) is 2.98. The standard InChI is InChI=1S/C22H28BrNO2/c1-14(2)16-7-10-18(11-8-16)26-15(3)21(25)24-20-12-9-17(13-19(20)23)22(4,5)6/h7-15H,1-6H3,(H,24,25). The Morgan fingerprint density at radius 3 is 2.15 bits per heavy atom. The van der Waals surface area contributed by atoms with Gasteiger partial charge in [0.1, 0.15) is 5.75 Å². The topological polar surface area (TPSA) is 38.3 Å². The summed E-state index contributed by atoms with van der Waals surface area (Å²) in [5.41, 5.74) is 3.26. The second-order valence-corrected chi connectivity index (χ2v) is 8.77. The second-order valence-electron chi connectivity index (χ2n) is 7.92. The first-order valence-corrected chi connectivity index (χ1v) is 9.74. The average Bonchev–Trinajstić information content (AvgIpc) is 2.56. The van der Waals surface area contributed by atoms with Crippen LogP contribution in [0.1, 0.15) is 58.6 Å². The molecule has 0 fully saturated rings. The molecule has 1 atom stereocenters. The lowest BCUT2D eigenvalue weighted by Crippen LogP contribution is -2.30. The van der Waals surface area contributed by atoms with Crippen molar-refractivity contribution < 1.29 is 9.53 Å². The third-order valence-corrected chi connectivity index (χ3v) is 4.98. The average molecular weight is 418 g/mol. The zero-order chi connectivity index (χ0) is 19.5. The molecule has 1 unspecified atom stereocenters. The van der Waals surface area contributed by atoms with E-state index in [-0.39, 0.29) is 11.3 Å². The van der Waals surface area contributed by atoms with Crippen LogP contribution in [0.2, 0.25) is 0 Å².